The number of phenols is 1. The summed E-state index contributed by atoms with van der Waals surface area (Å²) < 4.78 is 16.1. The summed E-state index contributed by atoms with van der Waals surface area (Å²) in [6, 6.07) is 6.79. The Morgan fingerprint density at radius 2 is 2.05 bits per heavy atom. The molecule has 1 aliphatic heterocycles. The molecular weight excluding hydrogens is 296 g/mol. The molecule has 0 bridgehead atoms. The zero-order chi connectivity index (χ0) is 14.6. The van der Waals surface area contributed by atoms with Crippen LogP contribution >= 0.6 is 12.4 Å². The van der Waals surface area contributed by atoms with E-state index in [0.29, 0.717) is 19.4 Å². The van der Waals surface area contributed by atoms with Crippen LogP contribution < -0.4 is 0 Å². The maximum Gasteiger partial charge on any atom is 0.306 e. The molecule has 0 spiro atoms. The van der Waals surface area contributed by atoms with Gasteiger partial charge in [0.25, 0.3) is 0 Å². The Morgan fingerprint density at radius 1 is 1.38 bits per heavy atom. The van der Waals surface area contributed by atoms with Crippen LogP contribution in [0.5, 0.6) is 5.75 Å². The lowest BCUT2D eigenvalue weighted by Gasteiger charge is -2.16. The Bertz CT molecular complexity index is 458. The van der Waals surface area contributed by atoms with E-state index in [9.17, 15) is 4.79 Å². The molecule has 118 valence electrons. The highest BCUT2D eigenvalue weighted by atomic mass is 35.5. The molecule has 1 saturated heterocycles. The second kappa shape index (κ2) is 7.64. The van der Waals surface area contributed by atoms with Gasteiger partial charge in [0.05, 0.1) is 6.61 Å². The van der Waals surface area contributed by atoms with Crippen LogP contribution in [0.25, 0.3) is 0 Å². The molecule has 0 aromatic heterocycles. The Labute approximate surface area is 130 Å². The molecule has 1 fully saturated rings. The number of carbonyl (C=O) groups is 1. The molecule has 1 aromatic carbocycles. The fraction of sp³-hybridized carbons (Fsp3) is 0.533. The maximum absolute atomic E-state index is 11.6. The van der Waals surface area contributed by atoms with Gasteiger partial charge >= 0.3 is 5.97 Å². The molecule has 0 saturated carbocycles. The van der Waals surface area contributed by atoms with Crippen molar-refractivity contribution in [1.82, 2.24) is 0 Å². The van der Waals surface area contributed by atoms with Gasteiger partial charge in [0, 0.05) is 6.42 Å². The Morgan fingerprint density at radius 3 is 2.62 bits per heavy atom. The van der Waals surface area contributed by atoms with Crippen LogP contribution in [-0.4, -0.2) is 36.2 Å². The van der Waals surface area contributed by atoms with Crippen molar-refractivity contribution in [1.29, 1.82) is 0 Å². The highest BCUT2D eigenvalue weighted by Crippen LogP contribution is 2.22. The van der Waals surface area contributed by atoms with Crippen molar-refractivity contribution in [2.75, 3.05) is 13.2 Å². The first-order valence-corrected chi connectivity index (χ1v) is 6.70. The van der Waals surface area contributed by atoms with Crippen LogP contribution in [0.2, 0.25) is 0 Å². The van der Waals surface area contributed by atoms with E-state index in [1.165, 1.54) is 0 Å². The number of aryl methyl sites for hydroxylation is 1. The van der Waals surface area contributed by atoms with Crippen molar-refractivity contribution in [3.63, 3.8) is 0 Å². The maximum atomic E-state index is 11.6. The van der Waals surface area contributed by atoms with E-state index >= 15 is 0 Å². The Kier molecular flexibility index (Phi) is 6.45. The molecule has 1 aromatic rings. The van der Waals surface area contributed by atoms with Gasteiger partial charge in [0.15, 0.2) is 5.79 Å². The lowest BCUT2D eigenvalue weighted by atomic mass is 10.1. The molecule has 1 N–H and O–H groups in total. The summed E-state index contributed by atoms with van der Waals surface area (Å²) in [5.41, 5.74) is 0.987. The minimum Gasteiger partial charge on any atom is -0.508 e. The second-order valence-electron chi connectivity index (χ2n) is 5.30. The van der Waals surface area contributed by atoms with Crippen LogP contribution in [0.3, 0.4) is 0 Å². The van der Waals surface area contributed by atoms with Gasteiger partial charge < -0.3 is 19.3 Å². The fourth-order valence-corrected chi connectivity index (χ4v) is 2.01. The van der Waals surface area contributed by atoms with Gasteiger partial charge in [-0.3, -0.25) is 4.79 Å². The third kappa shape index (κ3) is 5.91. The molecule has 0 aliphatic carbocycles. The normalized spacial score (nSPS) is 19.8. The highest BCUT2D eigenvalue weighted by Gasteiger charge is 2.33. The van der Waals surface area contributed by atoms with Crippen LogP contribution in [0.4, 0.5) is 0 Å². The number of hydrogen-bond acceptors (Lipinski definition) is 5. The number of halogens is 1. The molecule has 0 unspecified atom stereocenters. The van der Waals surface area contributed by atoms with Crippen molar-refractivity contribution in [2.45, 2.75) is 38.6 Å². The van der Waals surface area contributed by atoms with Gasteiger partial charge in [-0.1, -0.05) is 12.1 Å². The predicted octanol–water partition coefficient (Wildman–Crippen LogP) is 2.44. The zero-order valence-electron chi connectivity index (χ0n) is 12.2. The van der Waals surface area contributed by atoms with Gasteiger partial charge in [-0.25, -0.2) is 0 Å². The molecular formula is C15H21ClO5. The number of ether oxygens (including phenoxy) is 3. The van der Waals surface area contributed by atoms with Gasteiger partial charge in [-0.05, 0) is 38.0 Å². The smallest absolute Gasteiger partial charge is 0.306 e. The van der Waals surface area contributed by atoms with Gasteiger partial charge in [0.1, 0.15) is 18.5 Å². The quantitative estimate of drug-likeness (QED) is 0.845. The monoisotopic (exact) mass is 316 g/mol. The summed E-state index contributed by atoms with van der Waals surface area (Å²) in [7, 11) is 0. The standard InChI is InChI=1S/C15H20O5.ClH/c1-15(2)19-10-13(20-15)9-18-14(17)8-5-11-3-6-12(16)7-4-11;/h3-4,6-7,13,16H,5,8-10H2,1-2H3;1H/t13-;/m1./s1. The van der Waals surface area contributed by atoms with E-state index in [1.807, 2.05) is 13.8 Å². The lowest BCUT2D eigenvalue weighted by Crippen LogP contribution is -2.25. The number of benzene rings is 1. The third-order valence-electron chi connectivity index (χ3n) is 3.05. The van der Waals surface area contributed by atoms with E-state index in [0.717, 1.165) is 5.56 Å². The number of phenolic OH excluding ortho intramolecular Hbond substituents is 1. The van der Waals surface area contributed by atoms with Crippen LogP contribution in [0, 0.1) is 0 Å². The largest absolute Gasteiger partial charge is 0.508 e. The first-order chi connectivity index (χ1) is 9.44. The van der Waals surface area contributed by atoms with Crippen LogP contribution in [0.1, 0.15) is 25.8 Å². The third-order valence-corrected chi connectivity index (χ3v) is 3.05. The van der Waals surface area contributed by atoms with Crippen molar-refractivity contribution in [3.8, 4) is 5.75 Å². The Hall–Kier alpha value is -1.30. The summed E-state index contributed by atoms with van der Waals surface area (Å²) in [5.74, 6) is -0.632. The second-order valence-corrected chi connectivity index (χ2v) is 5.30. The van der Waals surface area contributed by atoms with Crippen molar-refractivity contribution in [3.05, 3.63) is 29.8 Å². The SMILES string of the molecule is CC1(C)OC[C@@H](COC(=O)CCc2ccc(O)cc2)O1.Cl. The summed E-state index contributed by atoms with van der Waals surface area (Å²) >= 11 is 0. The van der Waals surface area contributed by atoms with E-state index in [2.05, 4.69) is 0 Å². The number of aromatic hydroxyl groups is 1. The van der Waals surface area contributed by atoms with E-state index in [4.69, 9.17) is 19.3 Å². The lowest BCUT2D eigenvalue weighted by molar-refractivity contribution is -0.158. The average molecular weight is 317 g/mol. The first-order valence-electron chi connectivity index (χ1n) is 6.70. The minimum absolute atomic E-state index is 0. The Balaban J connectivity index is 0.00000220. The molecule has 1 atom stereocenters. The number of rotatable bonds is 5. The molecule has 0 amide bonds. The minimum atomic E-state index is -0.594. The van der Waals surface area contributed by atoms with Gasteiger partial charge in [-0.2, -0.15) is 0 Å². The zero-order valence-corrected chi connectivity index (χ0v) is 13.0. The number of carbonyl (C=O) groups excluding carboxylic acids is 1. The number of hydrogen-bond donors (Lipinski definition) is 1. The molecule has 1 aliphatic rings. The van der Waals surface area contributed by atoms with Crippen molar-refractivity contribution in [2.24, 2.45) is 0 Å². The predicted molar refractivity (Wildman–Crippen MR) is 79.5 cm³/mol. The molecule has 1 heterocycles. The van der Waals surface area contributed by atoms with Crippen molar-refractivity contribution < 1.29 is 24.1 Å². The number of esters is 1. The van der Waals surface area contributed by atoms with Crippen LogP contribution in [0.15, 0.2) is 24.3 Å². The topological polar surface area (TPSA) is 65.0 Å². The molecule has 6 heteroatoms. The van der Waals surface area contributed by atoms with Crippen LogP contribution in [-0.2, 0) is 25.4 Å². The van der Waals surface area contributed by atoms with E-state index in [1.54, 1.807) is 24.3 Å². The molecule has 0 radical (unpaired) electrons. The highest BCUT2D eigenvalue weighted by molar-refractivity contribution is 5.85. The summed E-state index contributed by atoms with van der Waals surface area (Å²) in [6.07, 6.45) is 0.705. The first kappa shape index (κ1) is 17.8. The van der Waals surface area contributed by atoms with Gasteiger partial charge in [0.2, 0.25) is 0 Å². The van der Waals surface area contributed by atoms with E-state index < -0.39 is 5.79 Å². The fourth-order valence-electron chi connectivity index (χ4n) is 2.01. The summed E-state index contributed by atoms with van der Waals surface area (Å²) in [5, 5.41) is 9.16. The molecule has 2 rings (SSSR count). The molecule has 5 nitrogen and oxygen atoms in total. The average Bonchev–Trinajstić information content (AvgIpc) is 2.75. The molecule has 21 heavy (non-hydrogen) atoms. The van der Waals surface area contributed by atoms with Gasteiger partial charge in [-0.15, -0.1) is 12.4 Å². The summed E-state index contributed by atoms with van der Waals surface area (Å²) in [6.45, 7) is 4.33. The van der Waals surface area contributed by atoms with E-state index in [-0.39, 0.29) is 36.8 Å². The summed E-state index contributed by atoms with van der Waals surface area (Å²) in [4.78, 5) is 11.6. The van der Waals surface area contributed by atoms with Crippen molar-refractivity contribution >= 4 is 18.4 Å².